The summed E-state index contributed by atoms with van der Waals surface area (Å²) in [6, 6.07) is 19.5. The van der Waals surface area contributed by atoms with E-state index in [0.29, 0.717) is 23.6 Å². The van der Waals surface area contributed by atoms with E-state index in [4.69, 9.17) is 4.74 Å². The van der Waals surface area contributed by atoms with Gasteiger partial charge >= 0.3 is 12.2 Å². The second-order valence-electron chi connectivity index (χ2n) is 7.95. The minimum atomic E-state index is -4.54. The Morgan fingerprint density at radius 1 is 1.00 bits per heavy atom. The minimum absolute atomic E-state index is 0.0132. The molecule has 0 spiro atoms. The number of amides is 3. The fraction of sp³-hybridized carbons (Fsp3) is 0.154. The van der Waals surface area contributed by atoms with E-state index in [1.807, 2.05) is 30.3 Å². The number of carbonyl (C=O) groups excluding carboxylic acids is 2. The van der Waals surface area contributed by atoms with Crippen molar-refractivity contribution < 1.29 is 27.5 Å². The lowest BCUT2D eigenvalue weighted by Crippen LogP contribution is -2.46. The van der Waals surface area contributed by atoms with Gasteiger partial charge in [0.05, 0.1) is 17.2 Å². The van der Waals surface area contributed by atoms with Gasteiger partial charge in [0, 0.05) is 11.4 Å². The van der Waals surface area contributed by atoms with E-state index in [9.17, 15) is 22.8 Å². The second-order valence-corrected chi connectivity index (χ2v) is 7.95. The molecule has 0 saturated heterocycles. The van der Waals surface area contributed by atoms with Gasteiger partial charge < -0.3 is 20.7 Å². The molecular weight excluding hydrogens is 459 g/mol. The first-order valence-corrected chi connectivity index (χ1v) is 10.7. The largest absolute Gasteiger partial charge is 0.489 e. The Morgan fingerprint density at radius 2 is 1.74 bits per heavy atom. The highest BCUT2D eigenvalue weighted by molar-refractivity contribution is 6.06. The first-order valence-electron chi connectivity index (χ1n) is 10.7. The molecule has 3 N–H and O–H groups in total. The van der Waals surface area contributed by atoms with Crippen LogP contribution in [0.5, 0.6) is 5.75 Å². The molecular formula is C26H22F3N3O3. The van der Waals surface area contributed by atoms with Crippen molar-refractivity contribution in [2.24, 2.45) is 0 Å². The number of hydrogen-bond acceptors (Lipinski definition) is 3. The van der Waals surface area contributed by atoms with Crippen molar-refractivity contribution in [3.63, 3.8) is 0 Å². The Bertz CT molecular complexity index is 1270. The standard InChI is InChI=1S/C26H22F3N3O3/c1-16-22(24(33)31-20-11-6-10-19(14-20)26(27,28)29)23(32-25(34)30-16)18-9-5-12-21(13-18)35-15-17-7-3-2-4-8-17/h2-14,23H,15H2,1H3,(H,31,33)(H2,30,32,34)/t23-/m0/s1. The van der Waals surface area contributed by atoms with Gasteiger partial charge in [0.2, 0.25) is 0 Å². The second kappa shape index (κ2) is 9.92. The molecule has 0 aromatic heterocycles. The van der Waals surface area contributed by atoms with Crippen LogP contribution >= 0.6 is 0 Å². The molecule has 3 aromatic rings. The molecule has 4 rings (SSSR count). The predicted molar refractivity (Wildman–Crippen MR) is 124 cm³/mol. The van der Waals surface area contributed by atoms with Gasteiger partial charge in [0.15, 0.2) is 0 Å². The van der Waals surface area contributed by atoms with Gasteiger partial charge in [-0.05, 0) is 48.4 Å². The molecule has 3 aromatic carbocycles. The van der Waals surface area contributed by atoms with E-state index in [0.717, 1.165) is 17.7 Å². The molecule has 0 fully saturated rings. The van der Waals surface area contributed by atoms with Crippen LogP contribution in [-0.2, 0) is 17.6 Å². The lowest BCUT2D eigenvalue weighted by atomic mass is 9.94. The average Bonchev–Trinajstić information content (AvgIpc) is 2.82. The lowest BCUT2D eigenvalue weighted by molar-refractivity contribution is -0.137. The first kappa shape index (κ1) is 23.9. The number of urea groups is 1. The number of hydrogen-bond donors (Lipinski definition) is 3. The number of benzene rings is 3. The quantitative estimate of drug-likeness (QED) is 0.432. The van der Waals surface area contributed by atoms with Crippen molar-refractivity contribution in [3.05, 3.63) is 107 Å². The highest BCUT2D eigenvalue weighted by atomic mass is 19.4. The van der Waals surface area contributed by atoms with Crippen LogP contribution in [0, 0.1) is 0 Å². The van der Waals surface area contributed by atoms with Gasteiger partial charge in [-0.1, -0.05) is 48.5 Å². The fourth-order valence-electron chi connectivity index (χ4n) is 3.74. The Kier molecular flexibility index (Phi) is 6.77. The highest BCUT2D eigenvalue weighted by Crippen LogP contribution is 2.32. The summed E-state index contributed by atoms with van der Waals surface area (Å²) >= 11 is 0. The molecule has 9 heteroatoms. The number of rotatable bonds is 6. The normalized spacial score (nSPS) is 15.8. The van der Waals surface area contributed by atoms with Gasteiger partial charge in [-0.3, -0.25) is 4.79 Å². The number of alkyl halides is 3. The summed E-state index contributed by atoms with van der Waals surface area (Å²) in [4.78, 5) is 25.3. The molecule has 0 bridgehead atoms. The molecule has 0 radical (unpaired) electrons. The van der Waals surface area contributed by atoms with Gasteiger partial charge in [0.25, 0.3) is 5.91 Å². The van der Waals surface area contributed by atoms with Crippen LogP contribution in [0.3, 0.4) is 0 Å². The minimum Gasteiger partial charge on any atom is -0.489 e. The van der Waals surface area contributed by atoms with Gasteiger partial charge in [0.1, 0.15) is 12.4 Å². The summed E-state index contributed by atoms with van der Waals surface area (Å²) in [6.07, 6.45) is -4.54. The summed E-state index contributed by atoms with van der Waals surface area (Å²) in [5, 5.41) is 7.77. The number of carbonyl (C=O) groups is 2. The van der Waals surface area contributed by atoms with Crippen LogP contribution in [0.4, 0.5) is 23.7 Å². The Morgan fingerprint density at radius 3 is 2.49 bits per heavy atom. The molecule has 3 amide bonds. The first-order chi connectivity index (χ1) is 16.7. The van der Waals surface area contributed by atoms with Crippen LogP contribution in [-0.4, -0.2) is 11.9 Å². The van der Waals surface area contributed by atoms with Crippen LogP contribution in [0.15, 0.2) is 90.1 Å². The smallest absolute Gasteiger partial charge is 0.416 e. The zero-order chi connectivity index (χ0) is 25.0. The zero-order valence-electron chi connectivity index (χ0n) is 18.6. The van der Waals surface area contributed by atoms with Crippen molar-refractivity contribution in [3.8, 4) is 5.75 Å². The number of ether oxygens (including phenoxy) is 1. The van der Waals surface area contributed by atoms with Crippen LogP contribution in [0.2, 0.25) is 0 Å². The maximum atomic E-state index is 13.2. The summed E-state index contributed by atoms with van der Waals surface area (Å²) in [7, 11) is 0. The number of allylic oxidation sites excluding steroid dienone is 1. The molecule has 0 unspecified atom stereocenters. The van der Waals surface area contributed by atoms with E-state index >= 15 is 0 Å². The van der Waals surface area contributed by atoms with Gasteiger partial charge in [-0.15, -0.1) is 0 Å². The Labute approximate surface area is 199 Å². The van der Waals surface area contributed by atoms with Crippen molar-refractivity contribution in [2.45, 2.75) is 25.7 Å². The van der Waals surface area contributed by atoms with Crippen molar-refractivity contribution in [1.82, 2.24) is 10.6 Å². The third-order valence-electron chi connectivity index (χ3n) is 5.40. The molecule has 1 aliphatic heterocycles. The number of halogens is 3. The van der Waals surface area contributed by atoms with Crippen LogP contribution in [0.1, 0.15) is 29.7 Å². The summed E-state index contributed by atoms with van der Waals surface area (Å²) < 4.78 is 45.1. The topological polar surface area (TPSA) is 79.5 Å². The highest BCUT2D eigenvalue weighted by Gasteiger charge is 2.33. The molecule has 1 heterocycles. The van der Waals surface area contributed by atoms with Crippen LogP contribution in [0.25, 0.3) is 0 Å². The molecule has 1 atom stereocenters. The van der Waals surface area contributed by atoms with E-state index in [-0.39, 0.29) is 11.3 Å². The Hall–Kier alpha value is -4.27. The monoisotopic (exact) mass is 481 g/mol. The molecule has 0 aliphatic carbocycles. The maximum Gasteiger partial charge on any atom is 0.416 e. The van der Waals surface area contributed by atoms with Crippen molar-refractivity contribution >= 4 is 17.6 Å². The average molecular weight is 481 g/mol. The van der Waals surface area contributed by atoms with Crippen molar-refractivity contribution in [2.75, 3.05) is 5.32 Å². The molecule has 0 saturated carbocycles. The Balaban J connectivity index is 1.58. The molecule has 35 heavy (non-hydrogen) atoms. The van der Waals surface area contributed by atoms with Gasteiger partial charge in [-0.25, -0.2) is 4.79 Å². The predicted octanol–water partition coefficient (Wildman–Crippen LogP) is 5.55. The van der Waals surface area contributed by atoms with E-state index in [1.54, 1.807) is 31.2 Å². The van der Waals surface area contributed by atoms with Crippen LogP contribution < -0.4 is 20.7 Å². The molecule has 180 valence electrons. The van der Waals surface area contributed by atoms with Gasteiger partial charge in [-0.2, -0.15) is 13.2 Å². The third-order valence-corrected chi connectivity index (χ3v) is 5.40. The number of anilines is 1. The van der Waals surface area contributed by atoms with E-state index in [1.165, 1.54) is 12.1 Å². The lowest BCUT2D eigenvalue weighted by Gasteiger charge is -2.29. The summed E-state index contributed by atoms with van der Waals surface area (Å²) in [5.41, 5.74) is 1.13. The SMILES string of the molecule is CC1=C(C(=O)Nc2cccc(C(F)(F)F)c2)[C@H](c2cccc(OCc3ccccc3)c2)NC(=O)N1. The molecule has 1 aliphatic rings. The fourth-order valence-corrected chi connectivity index (χ4v) is 3.74. The summed E-state index contributed by atoms with van der Waals surface area (Å²) in [6.45, 7) is 1.89. The maximum absolute atomic E-state index is 13.2. The number of nitrogens with one attached hydrogen (secondary N) is 3. The zero-order valence-corrected chi connectivity index (χ0v) is 18.6. The van der Waals surface area contributed by atoms with Crippen molar-refractivity contribution in [1.29, 1.82) is 0 Å². The molecule has 6 nitrogen and oxygen atoms in total. The summed E-state index contributed by atoms with van der Waals surface area (Å²) in [5.74, 6) is -0.107. The van der Waals surface area contributed by atoms with E-state index in [2.05, 4.69) is 16.0 Å². The third kappa shape index (κ3) is 5.81. The van der Waals surface area contributed by atoms with E-state index < -0.39 is 29.7 Å².